The normalized spacial score (nSPS) is 20.6. The van der Waals surface area contributed by atoms with Crippen LogP contribution in [0.1, 0.15) is 49.4 Å². The van der Waals surface area contributed by atoms with Gasteiger partial charge in [-0.1, -0.05) is 12.1 Å². The Balaban J connectivity index is 1.66. The molecule has 2 N–H and O–H groups in total. The number of fused-ring (bicyclic) bond motifs is 1. The van der Waals surface area contributed by atoms with E-state index >= 15 is 0 Å². The zero-order chi connectivity index (χ0) is 14.7. The third kappa shape index (κ3) is 3.60. The first-order valence-electron chi connectivity index (χ1n) is 7.97. The van der Waals surface area contributed by atoms with Crippen molar-refractivity contribution in [3.63, 3.8) is 0 Å². The Hall–Kier alpha value is -1.45. The summed E-state index contributed by atoms with van der Waals surface area (Å²) in [6.07, 6.45) is 6.14. The molecular formula is C18H24N2O. The second-order valence-electron chi connectivity index (χ2n) is 6.08. The molecule has 0 saturated carbocycles. The molecule has 0 aliphatic carbocycles. The molecule has 2 heterocycles. The van der Waals surface area contributed by atoms with Gasteiger partial charge in [0, 0.05) is 23.7 Å². The van der Waals surface area contributed by atoms with E-state index in [9.17, 15) is 0 Å². The van der Waals surface area contributed by atoms with Crippen LogP contribution in [0.5, 0.6) is 0 Å². The number of nitrogens with zero attached hydrogens (tertiary/aromatic N) is 1. The molecule has 3 rings (SSSR count). The third-order valence-corrected chi connectivity index (χ3v) is 4.35. The van der Waals surface area contributed by atoms with E-state index in [4.69, 9.17) is 10.5 Å². The van der Waals surface area contributed by atoms with Crippen molar-refractivity contribution in [2.45, 2.75) is 51.2 Å². The van der Waals surface area contributed by atoms with Gasteiger partial charge >= 0.3 is 0 Å². The van der Waals surface area contributed by atoms with Gasteiger partial charge in [0.1, 0.15) is 0 Å². The molecule has 3 heteroatoms. The molecule has 3 nitrogen and oxygen atoms in total. The first kappa shape index (κ1) is 14.5. The van der Waals surface area contributed by atoms with E-state index in [1.807, 2.05) is 13.0 Å². The number of hydrogen-bond donors (Lipinski definition) is 1. The number of benzene rings is 1. The molecule has 1 fully saturated rings. The summed E-state index contributed by atoms with van der Waals surface area (Å²) in [7, 11) is 0. The van der Waals surface area contributed by atoms with Crippen LogP contribution in [0.4, 0.5) is 0 Å². The number of aryl methyl sites for hydroxylation is 1. The average Bonchev–Trinajstić information content (AvgIpc) is 2.53. The van der Waals surface area contributed by atoms with Crippen LogP contribution in [0.15, 0.2) is 30.3 Å². The number of ether oxygens (including phenoxy) is 1. The molecule has 2 atom stereocenters. The van der Waals surface area contributed by atoms with Gasteiger partial charge in [-0.05, 0) is 62.8 Å². The van der Waals surface area contributed by atoms with E-state index in [0.29, 0.717) is 6.10 Å². The Labute approximate surface area is 126 Å². The summed E-state index contributed by atoms with van der Waals surface area (Å²) in [6.45, 7) is 2.93. The van der Waals surface area contributed by atoms with Crippen molar-refractivity contribution >= 4 is 10.9 Å². The van der Waals surface area contributed by atoms with Crippen molar-refractivity contribution in [1.82, 2.24) is 4.98 Å². The van der Waals surface area contributed by atoms with Crippen LogP contribution >= 0.6 is 0 Å². The maximum absolute atomic E-state index is 6.36. The fourth-order valence-electron chi connectivity index (χ4n) is 3.04. The molecule has 0 bridgehead atoms. The highest BCUT2D eigenvalue weighted by molar-refractivity contribution is 5.79. The third-order valence-electron chi connectivity index (χ3n) is 4.35. The molecule has 0 spiro atoms. The van der Waals surface area contributed by atoms with Gasteiger partial charge in [0.15, 0.2) is 0 Å². The van der Waals surface area contributed by atoms with Crippen LogP contribution in [0.25, 0.3) is 10.9 Å². The second-order valence-corrected chi connectivity index (χ2v) is 6.08. The van der Waals surface area contributed by atoms with Crippen molar-refractivity contribution in [3.8, 4) is 0 Å². The van der Waals surface area contributed by atoms with Crippen molar-refractivity contribution in [2.75, 3.05) is 6.61 Å². The quantitative estimate of drug-likeness (QED) is 0.926. The molecule has 0 radical (unpaired) electrons. The summed E-state index contributed by atoms with van der Waals surface area (Å²) in [4.78, 5) is 4.53. The Bertz CT molecular complexity index is 605. The average molecular weight is 284 g/mol. The monoisotopic (exact) mass is 284 g/mol. The van der Waals surface area contributed by atoms with E-state index < -0.39 is 0 Å². The lowest BCUT2D eigenvalue weighted by molar-refractivity contribution is 0.00912. The number of aromatic nitrogens is 1. The molecule has 2 aromatic rings. The fourth-order valence-corrected chi connectivity index (χ4v) is 3.04. The summed E-state index contributed by atoms with van der Waals surface area (Å²) in [5, 5.41) is 1.17. The predicted molar refractivity (Wildman–Crippen MR) is 86.2 cm³/mol. The summed E-state index contributed by atoms with van der Waals surface area (Å²) in [6, 6.07) is 10.6. The largest absolute Gasteiger partial charge is 0.378 e. The predicted octanol–water partition coefficient (Wildman–Crippen LogP) is 3.89. The van der Waals surface area contributed by atoms with Gasteiger partial charge in [-0.15, -0.1) is 0 Å². The molecule has 0 amide bonds. The first-order valence-corrected chi connectivity index (χ1v) is 7.97. The van der Waals surface area contributed by atoms with Gasteiger partial charge in [-0.3, -0.25) is 4.98 Å². The first-order chi connectivity index (χ1) is 10.2. The maximum atomic E-state index is 6.36. The molecule has 1 saturated heterocycles. The fraction of sp³-hybridized carbons (Fsp3) is 0.500. The molecule has 1 aromatic carbocycles. The lowest BCUT2D eigenvalue weighted by Crippen LogP contribution is -2.21. The number of pyridine rings is 1. The van der Waals surface area contributed by atoms with Crippen LogP contribution in [-0.4, -0.2) is 17.7 Å². The zero-order valence-corrected chi connectivity index (χ0v) is 12.7. The molecule has 2 unspecified atom stereocenters. The van der Waals surface area contributed by atoms with E-state index in [1.54, 1.807) is 0 Å². The molecular weight excluding hydrogens is 260 g/mol. The molecule has 1 aliphatic heterocycles. The maximum Gasteiger partial charge on any atom is 0.0705 e. The summed E-state index contributed by atoms with van der Waals surface area (Å²) in [5.41, 5.74) is 9.65. The van der Waals surface area contributed by atoms with Gasteiger partial charge in [-0.2, -0.15) is 0 Å². The Kier molecular flexibility index (Phi) is 4.51. The minimum atomic E-state index is 0.0845. The van der Waals surface area contributed by atoms with Crippen LogP contribution in [-0.2, 0) is 4.74 Å². The van der Waals surface area contributed by atoms with E-state index in [2.05, 4.69) is 29.2 Å². The SMILES string of the molecule is Cc1ccc2cc(C(N)CCC3CCCCO3)ccc2n1. The van der Waals surface area contributed by atoms with Crippen molar-refractivity contribution < 1.29 is 4.74 Å². The molecule has 1 aromatic heterocycles. The van der Waals surface area contributed by atoms with Crippen molar-refractivity contribution in [1.29, 1.82) is 0 Å². The van der Waals surface area contributed by atoms with Crippen molar-refractivity contribution in [3.05, 3.63) is 41.6 Å². The minimum absolute atomic E-state index is 0.0845. The summed E-state index contributed by atoms with van der Waals surface area (Å²) in [5.74, 6) is 0. The van der Waals surface area contributed by atoms with Gasteiger partial charge in [0.25, 0.3) is 0 Å². The van der Waals surface area contributed by atoms with Gasteiger partial charge in [0.2, 0.25) is 0 Å². The topological polar surface area (TPSA) is 48.1 Å². The van der Waals surface area contributed by atoms with Gasteiger partial charge in [0.05, 0.1) is 11.6 Å². The highest BCUT2D eigenvalue weighted by atomic mass is 16.5. The van der Waals surface area contributed by atoms with Crippen LogP contribution in [0.2, 0.25) is 0 Å². The van der Waals surface area contributed by atoms with Crippen LogP contribution in [0.3, 0.4) is 0 Å². The standard InChI is InChI=1S/C18H24N2O/c1-13-5-6-15-12-14(7-10-18(15)20-13)17(19)9-8-16-4-2-3-11-21-16/h5-7,10,12,16-17H,2-4,8-9,11,19H2,1H3. The Morgan fingerprint density at radius 3 is 3.00 bits per heavy atom. The van der Waals surface area contributed by atoms with Crippen LogP contribution in [0, 0.1) is 6.92 Å². The van der Waals surface area contributed by atoms with E-state index in [-0.39, 0.29) is 6.04 Å². The van der Waals surface area contributed by atoms with E-state index in [1.165, 1.54) is 30.2 Å². The molecule has 1 aliphatic rings. The van der Waals surface area contributed by atoms with Gasteiger partial charge in [-0.25, -0.2) is 0 Å². The highest BCUT2D eigenvalue weighted by Gasteiger charge is 2.16. The second kappa shape index (κ2) is 6.54. The van der Waals surface area contributed by atoms with Crippen molar-refractivity contribution in [2.24, 2.45) is 5.73 Å². The lowest BCUT2D eigenvalue weighted by atomic mass is 9.97. The minimum Gasteiger partial charge on any atom is -0.378 e. The van der Waals surface area contributed by atoms with E-state index in [0.717, 1.165) is 30.7 Å². The molecule has 21 heavy (non-hydrogen) atoms. The number of nitrogens with two attached hydrogens (primary N) is 1. The summed E-state index contributed by atoms with van der Waals surface area (Å²) >= 11 is 0. The number of hydrogen-bond acceptors (Lipinski definition) is 3. The lowest BCUT2D eigenvalue weighted by Gasteiger charge is -2.24. The van der Waals surface area contributed by atoms with Crippen LogP contribution < -0.4 is 5.73 Å². The highest BCUT2D eigenvalue weighted by Crippen LogP contribution is 2.24. The molecule has 112 valence electrons. The Morgan fingerprint density at radius 2 is 2.19 bits per heavy atom. The number of rotatable bonds is 4. The summed E-state index contributed by atoms with van der Waals surface area (Å²) < 4.78 is 5.78. The Morgan fingerprint density at radius 1 is 1.29 bits per heavy atom. The zero-order valence-electron chi connectivity index (χ0n) is 12.7. The van der Waals surface area contributed by atoms with Gasteiger partial charge < -0.3 is 10.5 Å². The smallest absolute Gasteiger partial charge is 0.0705 e.